The highest BCUT2D eigenvalue weighted by Crippen LogP contribution is 2.14. The number of rotatable bonds is 21. The molecule has 1 amide bonds. The molecule has 0 radical (unpaired) electrons. The predicted octanol–water partition coefficient (Wildman–Crippen LogP) is 8.78. The number of benzene rings is 4. The molecule has 1 N–H and O–H groups in total. The monoisotopic (exact) mass is 662 g/mol. The van der Waals surface area contributed by atoms with Crippen LogP contribution >= 0.6 is 0 Å². The van der Waals surface area contributed by atoms with Crippen LogP contribution in [0.5, 0.6) is 0 Å². The van der Waals surface area contributed by atoms with Crippen molar-refractivity contribution in [1.29, 1.82) is 0 Å². The zero-order valence-electron chi connectivity index (χ0n) is 30.1. The van der Waals surface area contributed by atoms with Crippen molar-refractivity contribution in [2.45, 2.75) is 78.2 Å². The molecule has 262 valence electrons. The molecule has 6 nitrogen and oxygen atoms in total. The number of hydrogen-bond acceptors (Lipinski definition) is 5. The third-order valence-electron chi connectivity index (χ3n) is 8.46. The largest absolute Gasteiger partial charge is 0.444 e. The lowest BCUT2D eigenvalue weighted by atomic mass is 10.1. The minimum absolute atomic E-state index is 0.335. The summed E-state index contributed by atoms with van der Waals surface area (Å²) in [6, 6.07) is 43.3. The lowest BCUT2D eigenvalue weighted by Gasteiger charge is -2.28. The zero-order valence-corrected chi connectivity index (χ0v) is 30.1. The smallest absolute Gasteiger partial charge is 0.407 e. The van der Waals surface area contributed by atoms with Gasteiger partial charge >= 0.3 is 6.09 Å². The molecule has 0 aliphatic rings. The van der Waals surface area contributed by atoms with Gasteiger partial charge in [0.25, 0.3) is 0 Å². The number of amides is 1. The zero-order chi connectivity index (χ0) is 34.6. The Hall–Kier alpha value is -3.97. The molecule has 0 spiro atoms. The van der Waals surface area contributed by atoms with Gasteiger partial charge in [0.2, 0.25) is 0 Å². The SMILES string of the molecule is CC(C)(C)OC(=O)NCCCCN(CCCN(Cc1ccccc1)Cc1ccccc1)CCCN(Cc1ccccc1)Cc1ccccc1. The van der Waals surface area contributed by atoms with Crippen LogP contribution in [0.15, 0.2) is 121 Å². The van der Waals surface area contributed by atoms with Crippen LogP contribution in [-0.2, 0) is 30.9 Å². The number of alkyl carbamates (subject to hydrolysis) is 1. The van der Waals surface area contributed by atoms with Crippen LogP contribution in [0, 0.1) is 0 Å². The van der Waals surface area contributed by atoms with Gasteiger partial charge in [0, 0.05) is 45.8 Å². The molecule has 0 aliphatic heterocycles. The van der Waals surface area contributed by atoms with E-state index in [-0.39, 0.29) is 6.09 Å². The first kappa shape index (κ1) is 37.8. The van der Waals surface area contributed by atoms with E-state index in [1.165, 1.54) is 22.3 Å². The Balaban J connectivity index is 1.34. The van der Waals surface area contributed by atoms with Crippen molar-refractivity contribution in [3.63, 3.8) is 0 Å². The molecule has 4 aromatic carbocycles. The van der Waals surface area contributed by atoms with E-state index in [0.29, 0.717) is 6.54 Å². The molecule has 0 heterocycles. The average Bonchev–Trinajstić information content (AvgIpc) is 3.09. The van der Waals surface area contributed by atoms with Gasteiger partial charge in [-0.1, -0.05) is 121 Å². The summed E-state index contributed by atoms with van der Waals surface area (Å²) >= 11 is 0. The Morgan fingerprint density at radius 3 is 1.16 bits per heavy atom. The topological polar surface area (TPSA) is 48.1 Å². The second-order valence-corrected chi connectivity index (χ2v) is 14.0. The maximum absolute atomic E-state index is 12.1. The number of nitrogens with zero attached hydrogens (tertiary/aromatic N) is 3. The first-order valence-corrected chi connectivity index (χ1v) is 18.1. The molecule has 0 saturated carbocycles. The summed E-state index contributed by atoms with van der Waals surface area (Å²) in [4.78, 5) is 19.9. The van der Waals surface area contributed by atoms with E-state index in [2.05, 4.69) is 141 Å². The minimum atomic E-state index is -0.481. The first-order valence-electron chi connectivity index (χ1n) is 18.1. The molecule has 0 atom stereocenters. The van der Waals surface area contributed by atoms with Gasteiger partial charge in [-0.05, 0) is 88.3 Å². The Kier molecular flexibility index (Phi) is 16.4. The number of ether oxygens (including phenoxy) is 1. The van der Waals surface area contributed by atoms with E-state index in [1.807, 2.05) is 20.8 Å². The molecule has 4 aromatic rings. The second kappa shape index (κ2) is 21.2. The molecule has 6 heteroatoms. The lowest BCUT2D eigenvalue weighted by molar-refractivity contribution is 0.0526. The fourth-order valence-electron chi connectivity index (χ4n) is 6.13. The third kappa shape index (κ3) is 16.3. The molecule has 0 unspecified atom stereocenters. The highest BCUT2D eigenvalue weighted by Gasteiger charge is 2.16. The van der Waals surface area contributed by atoms with Gasteiger partial charge in [-0.2, -0.15) is 0 Å². The van der Waals surface area contributed by atoms with E-state index in [1.54, 1.807) is 0 Å². The molecule has 49 heavy (non-hydrogen) atoms. The predicted molar refractivity (Wildman–Crippen MR) is 203 cm³/mol. The number of nitrogens with one attached hydrogen (secondary N) is 1. The van der Waals surface area contributed by atoms with Gasteiger partial charge in [0.15, 0.2) is 0 Å². The summed E-state index contributed by atoms with van der Waals surface area (Å²) < 4.78 is 5.42. The summed E-state index contributed by atoms with van der Waals surface area (Å²) in [5.41, 5.74) is 4.92. The fourth-order valence-corrected chi connectivity index (χ4v) is 6.13. The summed E-state index contributed by atoms with van der Waals surface area (Å²) in [5.74, 6) is 0. The molecular formula is C43H58N4O2. The fraction of sp³-hybridized carbons (Fsp3) is 0.419. The Morgan fingerprint density at radius 1 is 0.490 bits per heavy atom. The Morgan fingerprint density at radius 2 is 0.816 bits per heavy atom. The molecule has 0 aromatic heterocycles. The molecule has 0 bridgehead atoms. The van der Waals surface area contributed by atoms with Gasteiger partial charge in [-0.25, -0.2) is 4.79 Å². The van der Waals surface area contributed by atoms with E-state index in [9.17, 15) is 4.79 Å². The van der Waals surface area contributed by atoms with Crippen LogP contribution in [0.1, 0.15) is 68.7 Å². The standard InChI is InChI=1S/C43H58N4O2/c1-43(2,3)49-42(48)44-28-16-17-29-45(30-18-32-46(34-38-20-8-4-9-21-38)35-39-22-10-5-11-23-39)31-19-33-47(36-40-24-12-6-13-25-40)37-41-26-14-7-15-27-41/h4-15,20-27H,16-19,28-37H2,1-3H3,(H,44,48). The van der Waals surface area contributed by atoms with Crippen molar-refractivity contribution < 1.29 is 9.53 Å². The maximum Gasteiger partial charge on any atom is 0.407 e. The summed E-state index contributed by atoms with van der Waals surface area (Å²) in [6.07, 6.45) is 3.84. The minimum Gasteiger partial charge on any atom is -0.444 e. The van der Waals surface area contributed by atoms with Crippen LogP contribution in [-0.4, -0.2) is 65.7 Å². The van der Waals surface area contributed by atoms with Crippen molar-refractivity contribution in [1.82, 2.24) is 20.0 Å². The first-order chi connectivity index (χ1) is 23.8. The summed E-state index contributed by atoms with van der Waals surface area (Å²) in [7, 11) is 0. The third-order valence-corrected chi connectivity index (χ3v) is 8.46. The van der Waals surface area contributed by atoms with Crippen molar-refractivity contribution in [3.05, 3.63) is 144 Å². The quantitative estimate of drug-likeness (QED) is 0.0905. The molecule has 4 rings (SSSR count). The highest BCUT2D eigenvalue weighted by atomic mass is 16.6. The van der Waals surface area contributed by atoms with Gasteiger partial charge in [-0.3, -0.25) is 9.80 Å². The van der Waals surface area contributed by atoms with Crippen molar-refractivity contribution in [2.24, 2.45) is 0 Å². The van der Waals surface area contributed by atoms with Crippen LogP contribution < -0.4 is 5.32 Å². The van der Waals surface area contributed by atoms with E-state index < -0.39 is 5.60 Å². The lowest BCUT2D eigenvalue weighted by Crippen LogP contribution is -2.34. The van der Waals surface area contributed by atoms with Crippen LogP contribution in [0.4, 0.5) is 4.79 Å². The summed E-state index contributed by atoms with van der Waals surface area (Å²) in [5, 5.41) is 2.93. The van der Waals surface area contributed by atoms with Crippen molar-refractivity contribution in [3.8, 4) is 0 Å². The molecule has 0 fully saturated rings. The molecule has 0 aliphatic carbocycles. The van der Waals surface area contributed by atoms with Gasteiger partial charge in [0.05, 0.1) is 0 Å². The van der Waals surface area contributed by atoms with Gasteiger partial charge in [0.1, 0.15) is 5.60 Å². The highest BCUT2D eigenvalue weighted by molar-refractivity contribution is 5.67. The van der Waals surface area contributed by atoms with Gasteiger partial charge < -0.3 is 15.0 Å². The Labute approximate surface area is 296 Å². The van der Waals surface area contributed by atoms with Crippen LogP contribution in [0.2, 0.25) is 0 Å². The van der Waals surface area contributed by atoms with E-state index >= 15 is 0 Å². The average molecular weight is 663 g/mol. The van der Waals surface area contributed by atoms with Crippen LogP contribution in [0.25, 0.3) is 0 Å². The normalized spacial score (nSPS) is 11.7. The number of carbonyl (C=O) groups is 1. The second-order valence-electron chi connectivity index (χ2n) is 14.0. The molecule has 0 saturated heterocycles. The van der Waals surface area contributed by atoms with Crippen LogP contribution in [0.3, 0.4) is 0 Å². The van der Waals surface area contributed by atoms with Crippen molar-refractivity contribution in [2.75, 3.05) is 39.3 Å². The van der Waals surface area contributed by atoms with Crippen molar-refractivity contribution >= 4 is 6.09 Å². The maximum atomic E-state index is 12.1. The number of carbonyl (C=O) groups excluding carboxylic acids is 1. The number of hydrogen-bond donors (Lipinski definition) is 1. The van der Waals surface area contributed by atoms with E-state index in [0.717, 1.165) is 84.6 Å². The number of unbranched alkanes of at least 4 members (excludes halogenated alkanes) is 1. The Bertz CT molecular complexity index is 1250. The summed E-state index contributed by atoms with van der Waals surface area (Å²) in [6.45, 7) is 15.3. The van der Waals surface area contributed by atoms with Gasteiger partial charge in [-0.15, -0.1) is 0 Å². The molecular weight excluding hydrogens is 604 g/mol. The van der Waals surface area contributed by atoms with E-state index in [4.69, 9.17) is 4.74 Å².